The molecule has 2 aliphatic rings. The summed E-state index contributed by atoms with van der Waals surface area (Å²) >= 11 is 0. The molecule has 4 rings (SSSR count). The lowest BCUT2D eigenvalue weighted by Crippen LogP contribution is -2.39. The number of ether oxygens (including phenoxy) is 1. The third-order valence-electron chi connectivity index (χ3n) is 5.26. The summed E-state index contributed by atoms with van der Waals surface area (Å²) in [6, 6.07) is 9.30. The molecule has 24 heavy (non-hydrogen) atoms. The van der Waals surface area contributed by atoms with Crippen molar-refractivity contribution in [1.82, 2.24) is 9.97 Å². The molecule has 2 atom stereocenters. The Balaban J connectivity index is 1.75. The number of benzene rings is 1. The Morgan fingerprint density at radius 2 is 2.12 bits per heavy atom. The fourth-order valence-corrected chi connectivity index (χ4v) is 4.00. The zero-order valence-corrected chi connectivity index (χ0v) is 14.5. The van der Waals surface area contributed by atoms with Crippen LogP contribution in [0.5, 0.6) is 0 Å². The predicted octanol–water partition coefficient (Wildman–Crippen LogP) is 3.84. The molecule has 1 fully saturated rings. The van der Waals surface area contributed by atoms with Gasteiger partial charge in [0.25, 0.3) is 0 Å². The van der Waals surface area contributed by atoms with E-state index in [1.807, 2.05) is 0 Å². The number of anilines is 1. The van der Waals surface area contributed by atoms with E-state index in [9.17, 15) is 0 Å². The summed E-state index contributed by atoms with van der Waals surface area (Å²) in [6.45, 7) is 6.95. The molecule has 0 spiro atoms. The highest BCUT2D eigenvalue weighted by Crippen LogP contribution is 2.38. The van der Waals surface area contributed by atoms with Gasteiger partial charge in [-0.3, -0.25) is 0 Å². The van der Waals surface area contributed by atoms with Crippen LogP contribution in [-0.4, -0.2) is 23.1 Å². The van der Waals surface area contributed by atoms with Gasteiger partial charge in [-0.1, -0.05) is 36.8 Å². The minimum absolute atomic E-state index is 0.391. The fourth-order valence-electron chi connectivity index (χ4n) is 4.00. The molecule has 0 unspecified atom stereocenters. The number of nitrogens with zero attached hydrogens (tertiary/aromatic N) is 3. The molecular formula is C20H25N3O. The summed E-state index contributed by atoms with van der Waals surface area (Å²) in [5.41, 5.74) is 5.06. The van der Waals surface area contributed by atoms with Gasteiger partial charge in [-0.2, -0.15) is 0 Å². The van der Waals surface area contributed by atoms with Crippen molar-refractivity contribution < 1.29 is 4.74 Å². The second-order valence-corrected chi connectivity index (χ2v) is 7.19. The third-order valence-corrected chi connectivity index (χ3v) is 5.26. The maximum atomic E-state index is 5.71. The molecule has 4 nitrogen and oxygen atoms in total. The quantitative estimate of drug-likeness (QED) is 0.842. The first-order chi connectivity index (χ1) is 11.7. The molecular weight excluding hydrogens is 298 g/mol. The van der Waals surface area contributed by atoms with Crippen LogP contribution in [0.25, 0.3) is 0 Å². The number of aryl methyl sites for hydroxylation is 1. The van der Waals surface area contributed by atoms with E-state index in [0.717, 1.165) is 31.1 Å². The van der Waals surface area contributed by atoms with Crippen molar-refractivity contribution in [3.05, 3.63) is 53.0 Å². The Morgan fingerprint density at radius 1 is 1.21 bits per heavy atom. The molecule has 1 aromatic heterocycles. The average molecular weight is 323 g/mol. The van der Waals surface area contributed by atoms with Gasteiger partial charge >= 0.3 is 0 Å². The minimum Gasteiger partial charge on any atom is -0.376 e. The molecule has 2 aromatic rings. The number of fused-ring (bicyclic) bond motifs is 1. The molecule has 0 N–H and O–H groups in total. The van der Waals surface area contributed by atoms with Gasteiger partial charge in [0.1, 0.15) is 12.1 Å². The summed E-state index contributed by atoms with van der Waals surface area (Å²) in [5, 5.41) is 0. The summed E-state index contributed by atoms with van der Waals surface area (Å²) in [4.78, 5) is 11.7. The number of piperidine rings is 1. The first kappa shape index (κ1) is 15.6. The van der Waals surface area contributed by atoms with Gasteiger partial charge in [-0.15, -0.1) is 0 Å². The van der Waals surface area contributed by atoms with Crippen LogP contribution in [0.2, 0.25) is 0 Å². The van der Waals surface area contributed by atoms with E-state index in [4.69, 9.17) is 4.74 Å². The fraction of sp³-hybridized carbons (Fsp3) is 0.500. The lowest BCUT2D eigenvalue weighted by molar-refractivity contribution is 0.109. The first-order valence-electron chi connectivity index (χ1n) is 8.96. The lowest BCUT2D eigenvalue weighted by Gasteiger charge is -2.41. The van der Waals surface area contributed by atoms with E-state index in [1.54, 1.807) is 6.33 Å². The highest BCUT2D eigenvalue weighted by molar-refractivity contribution is 5.52. The molecule has 3 heterocycles. The molecule has 0 aliphatic carbocycles. The van der Waals surface area contributed by atoms with Crippen molar-refractivity contribution in [2.75, 3.05) is 18.1 Å². The zero-order chi connectivity index (χ0) is 16.5. The Labute approximate surface area is 143 Å². The zero-order valence-electron chi connectivity index (χ0n) is 14.5. The Hall–Kier alpha value is -1.94. The van der Waals surface area contributed by atoms with Gasteiger partial charge in [-0.05, 0) is 31.2 Å². The number of rotatable bonds is 2. The van der Waals surface area contributed by atoms with E-state index in [-0.39, 0.29) is 0 Å². The SMILES string of the molecule is Cc1cccc([C@@H]2CC[C@@H](C)CN2c2ncnc3c2COCC3)c1. The van der Waals surface area contributed by atoms with Crippen LogP contribution < -0.4 is 4.90 Å². The second-order valence-electron chi connectivity index (χ2n) is 7.19. The van der Waals surface area contributed by atoms with Crippen molar-refractivity contribution >= 4 is 5.82 Å². The van der Waals surface area contributed by atoms with E-state index >= 15 is 0 Å². The molecule has 0 radical (unpaired) electrons. The molecule has 0 bridgehead atoms. The maximum absolute atomic E-state index is 5.71. The summed E-state index contributed by atoms with van der Waals surface area (Å²) < 4.78 is 5.71. The van der Waals surface area contributed by atoms with Gasteiger partial charge in [0.05, 0.1) is 24.9 Å². The predicted molar refractivity (Wildman–Crippen MR) is 95.1 cm³/mol. The van der Waals surface area contributed by atoms with Crippen LogP contribution in [-0.2, 0) is 17.8 Å². The van der Waals surface area contributed by atoms with Crippen LogP contribution in [0.4, 0.5) is 5.82 Å². The number of hydrogen-bond donors (Lipinski definition) is 0. The number of aromatic nitrogens is 2. The molecule has 0 amide bonds. The van der Waals surface area contributed by atoms with Gasteiger partial charge in [-0.25, -0.2) is 9.97 Å². The van der Waals surface area contributed by atoms with E-state index < -0.39 is 0 Å². The number of hydrogen-bond acceptors (Lipinski definition) is 4. The van der Waals surface area contributed by atoms with Crippen LogP contribution in [0.3, 0.4) is 0 Å². The molecule has 126 valence electrons. The Bertz CT molecular complexity index is 731. The lowest BCUT2D eigenvalue weighted by atomic mass is 9.89. The highest BCUT2D eigenvalue weighted by atomic mass is 16.5. The largest absolute Gasteiger partial charge is 0.376 e. The van der Waals surface area contributed by atoms with Gasteiger partial charge in [0.15, 0.2) is 0 Å². The van der Waals surface area contributed by atoms with E-state index in [0.29, 0.717) is 18.6 Å². The van der Waals surface area contributed by atoms with Crippen molar-refractivity contribution in [3.63, 3.8) is 0 Å². The Morgan fingerprint density at radius 3 is 3.00 bits per heavy atom. The summed E-state index contributed by atoms with van der Waals surface area (Å²) in [6.07, 6.45) is 5.05. The van der Waals surface area contributed by atoms with Gasteiger partial charge < -0.3 is 9.64 Å². The molecule has 1 aromatic carbocycles. The average Bonchev–Trinajstić information content (AvgIpc) is 2.61. The Kier molecular flexibility index (Phi) is 4.23. The van der Waals surface area contributed by atoms with E-state index in [1.165, 1.54) is 29.5 Å². The van der Waals surface area contributed by atoms with Crippen LogP contribution in [0.15, 0.2) is 30.6 Å². The normalized spacial score (nSPS) is 23.8. The minimum atomic E-state index is 0.391. The van der Waals surface area contributed by atoms with Gasteiger partial charge in [0, 0.05) is 18.5 Å². The van der Waals surface area contributed by atoms with Crippen molar-refractivity contribution in [2.45, 2.75) is 45.8 Å². The maximum Gasteiger partial charge on any atom is 0.138 e. The summed E-state index contributed by atoms with van der Waals surface area (Å²) in [5.74, 6) is 1.76. The molecule has 2 aliphatic heterocycles. The van der Waals surface area contributed by atoms with Crippen LogP contribution in [0.1, 0.15) is 48.2 Å². The van der Waals surface area contributed by atoms with Gasteiger partial charge in [0.2, 0.25) is 0 Å². The first-order valence-corrected chi connectivity index (χ1v) is 8.96. The monoisotopic (exact) mass is 323 g/mol. The molecule has 0 saturated carbocycles. The van der Waals surface area contributed by atoms with Crippen LogP contribution >= 0.6 is 0 Å². The van der Waals surface area contributed by atoms with Crippen LogP contribution in [0, 0.1) is 12.8 Å². The third kappa shape index (κ3) is 2.91. The molecule has 1 saturated heterocycles. The standard InChI is InChI=1S/C20H25N3O/c1-14-4-3-5-16(10-14)19-7-6-15(2)11-23(19)20-17-12-24-9-8-18(17)21-13-22-20/h3-5,10,13,15,19H,6-9,11-12H2,1-2H3/t15-,19+/m1/s1. The topological polar surface area (TPSA) is 38.2 Å². The second kappa shape index (κ2) is 6.52. The molecule has 4 heteroatoms. The smallest absolute Gasteiger partial charge is 0.138 e. The summed E-state index contributed by atoms with van der Waals surface area (Å²) in [7, 11) is 0. The van der Waals surface area contributed by atoms with Crippen molar-refractivity contribution in [3.8, 4) is 0 Å². The highest BCUT2D eigenvalue weighted by Gasteiger charge is 2.31. The van der Waals surface area contributed by atoms with Crippen molar-refractivity contribution in [1.29, 1.82) is 0 Å². The van der Waals surface area contributed by atoms with E-state index in [2.05, 4.69) is 53.0 Å². The van der Waals surface area contributed by atoms with Crippen molar-refractivity contribution in [2.24, 2.45) is 5.92 Å².